The minimum atomic E-state index is -4.46. The summed E-state index contributed by atoms with van der Waals surface area (Å²) in [6.07, 6.45) is 2.09. The quantitative estimate of drug-likeness (QED) is 0.206. The van der Waals surface area contributed by atoms with Crippen LogP contribution < -0.4 is 0 Å². The van der Waals surface area contributed by atoms with Gasteiger partial charge in [-0.25, -0.2) is 0 Å². The molecule has 43 heavy (non-hydrogen) atoms. The Labute approximate surface area is 247 Å². The van der Waals surface area contributed by atoms with Gasteiger partial charge in [0.05, 0.1) is 12.2 Å². The molecule has 3 aromatic rings. The molecular formula is C34H31F3N2O4. The Kier molecular flexibility index (Phi) is 8.62. The largest absolute Gasteiger partial charge is 0.466 e. The van der Waals surface area contributed by atoms with E-state index in [9.17, 15) is 27.6 Å². The fraction of sp³-hybridized carbons (Fsp3) is 0.294. The zero-order valence-corrected chi connectivity index (χ0v) is 23.7. The number of hydrogen-bond donors (Lipinski definition) is 0. The minimum absolute atomic E-state index is 0.0196. The number of carbonyl (C=O) groups is 3. The highest BCUT2D eigenvalue weighted by atomic mass is 19.4. The average molecular weight is 589 g/mol. The van der Waals surface area contributed by atoms with Gasteiger partial charge in [0.2, 0.25) is 5.91 Å². The van der Waals surface area contributed by atoms with Gasteiger partial charge >= 0.3 is 12.1 Å². The number of carbonyl (C=O) groups excluding carboxylic acids is 3. The number of hydrogen-bond acceptors (Lipinski definition) is 5. The molecule has 0 saturated carbocycles. The fourth-order valence-corrected chi connectivity index (χ4v) is 5.58. The number of ketones is 1. The number of ether oxygens (including phenoxy) is 1. The van der Waals surface area contributed by atoms with Crippen molar-refractivity contribution in [3.8, 4) is 11.1 Å². The standard InChI is InChI=1S/C34H31F3N2O4/c1-2-43-31(41)10-5-9-30(40)39-20-17-24-21-27(16-13-25(24)22-39)33(18-6-19-38-33)32(42)29-8-4-3-7-28(29)23-11-14-26(15-12-23)34(35,36)37/h3-4,6-8,11-16,18-19,21H,2,5,9-10,17,20,22H2,1H3. The van der Waals surface area contributed by atoms with Gasteiger partial charge in [-0.05, 0) is 71.9 Å². The molecule has 6 nitrogen and oxygen atoms in total. The first-order chi connectivity index (χ1) is 20.6. The van der Waals surface area contributed by atoms with Gasteiger partial charge in [0, 0.05) is 37.7 Å². The third-order valence-corrected chi connectivity index (χ3v) is 7.83. The predicted molar refractivity (Wildman–Crippen MR) is 157 cm³/mol. The van der Waals surface area contributed by atoms with Crippen LogP contribution in [0.2, 0.25) is 0 Å². The summed E-state index contributed by atoms with van der Waals surface area (Å²) in [5, 5.41) is 0. The van der Waals surface area contributed by atoms with E-state index in [0.717, 1.165) is 23.3 Å². The SMILES string of the molecule is CCOC(=O)CCCC(=O)N1CCc2cc(C3(C(=O)c4ccccc4-c4ccc(C(F)(F)F)cc4)C=CC=N3)ccc2C1. The molecule has 9 heteroatoms. The Balaban J connectivity index is 1.37. The molecular weight excluding hydrogens is 557 g/mol. The lowest BCUT2D eigenvalue weighted by Crippen LogP contribution is -2.36. The number of allylic oxidation sites excluding steroid dienone is 1. The van der Waals surface area contributed by atoms with Gasteiger partial charge in [-0.2, -0.15) is 13.2 Å². The molecule has 0 aliphatic carbocycles. The fourth-order valence-electron chi connectivity index (χ4n) is 5.58. The summed E-state index contributed by atoms with van der Waals surface area (Å²) in [5.41, 5.74) is 1.96. The van der Waals surface area contributed by atoms with E-state index in [2.05, 4.69) is 4.99 Å². The Morgan fingerprint density at radius 3 is 2.44 bits per heavy atom. The molecule has 222 valence electrons. The predicted octanol–water partition coefficient (Wildman–Crippen LogP) is 6.71. The van der Waals surface area contributed by atoms with Gasteiger partial charge in [0.25, 0.3) is 0 Å². The molecule has 0 N–H and O–H groups in total. The van der Waals surface area contributed by atoms with E-state index >= 15 is 0 Å². The Morgan fingerprint density at radius 1 is 0.977 bits per heavy atom. The minimum Gasteiger partial charge on any atom is -0.466 e. The number of rotatable bonds is 9. The van der Waals surface area contributed by atoms with Crippen molar-refractivity contribution in [2.24, 2.45) is 4.99 Å². The second kappa shape index (κ2) is 12.4. The maximum absolute atomic E-state index is 14.3. The summed E-state index contributed by atoms with van der Waals surface area (Å²) >= 11 is 0. The van der Waals surface area contributed by atoms with Crippen molar-refractivity contribution in [3.05, 3.63) is 107 Å². The molecule has 0 fully saturated rings. The van der Waals surface area contributed by atoms with Crippen molar-refractivity contribution in [3.63, 3.8) is 0 Å². The molecule has 1 unspecified atom stereocenters. The molecule has 0 radical (unpaired) electrons. The van der Waals surface area contributed by atoms with Crippen LogP contribution in [0.4, 0.5) is 13.2 Å². The van der Waals surface area contributed by atoms with Crippen molar-refractivity contribution in [1.29, 1.82) is 0 Å². The summed E-state index contributed by atoms with van der Waals surface area (Å²) in [6.45, 7) is 3.02. The molecule has 0 aromatic heterocycles. The van der Waals surface area contributed by atoms with E-state index in [1.807, 2.05) is 18.2 Å². The molecule has 3 aromatic carbocycles. The van der Waals surface area contributed by atoms with E-state index in [1.165, 1.54) is 12.1 Å². The number of aliphatic imine (C=N–C) groups is 1. The first-order valence-corrected chi connectivity index (χ1v) is 14.2. The number of esters is 1. The van der Waals surface area contributed by atoms with Crippen LogP contribution in [0.5, 0.6) is 0 Å². The van der Waals surface area contributed by atoms with Crippen molar-refractivity contribution >= 4 is 23.9 Å². The van der Waals surface area contributed by atoms with E-state index in [4.69, 9.17) is 4.74 Å². The van der Waals surface area contributed by atoms with Crippen LogP contribution in [-0.2, 0) is 39.0 Å². The van der Waals surface area contributed by atoms with Crippen molar-refractivity contribution in [2.45, 2.75) is 50.9 Å². The van der Waals surface area contributed by atoms with Gasteiger partial charge in [-0.3, -0.25) is 19.4 Å². The lowest BCUT2D eigenvalue weighted by molar-refractivity contribution is -0.143. The summed E-state index contributed by atoms with van der Waals surface area (Å²) in [6, 6.07) is 17.4. The Morgan fingerprint density at radius 2 is 1.74 bits per heavy atom. The van der Waals surface area contributed by atoms with Crippen LogP contribution in [0.25, 0.3) is 11.1 Å². The zero-order valence-electron chi connectivity index (χ0n) is 23.7. The number of fused-ring (bicyclic) bond motifs is 1. The van der Waals surface area contributed by atoms with Crippen LogP contribution in [-0.4, -0.2) is 41.9 Å². The van der Waals surface area contributed by atoms with Gasteiger partial charge in [0.1, 0.15) is 0 Å². The molecule has 0 bridgehead atoms. The zero-order chi connectivity index (χ0) is 30.6. The van der Waals surface area contributed by atoms with Gasteiger partial charge in [0.15, 0.2) is 11.3 Å². The first kappa shape index (κ1) is 29.9. The number of amides is 1. The number of Topliss-reactive ketones (excluding diaryl/α,β-unsaturated/α-hetero) is 1. The number of nitrogens with zero attached hydrogens (tertiary/aromatic N) is 2. The lowest BCUT2D eigenvalue weighted by atomic mass is 9.80. The molecule has 0 saturated heterocycles. The van der Waals surface area contributed by atoms with Crippen LogP contribution in [0.15, 0.2) is 83.9 Å². The molecule has 2 heterocycles. The molecule has 1 atom stereocenters. The summed E-state index contributed by atoms with van der Waals surface area (Å²) in [4.78, 5) is 45.0. The van der Waals surface area contributed by atoms with E-state index in [1.54, 1.807) is 54.5 Å². The lowest BCUT2D eigenvalue weighted by Gasteiger charge is -2.31. The second-order valence-corrected chi connectivity index (χ2v) is 10.6. The molecule has 5 rings (SSSR count). The first-order valence-electron chi connectivity index (χ1n) is 14.2. The summed E-state index contributed by atoms with van der Waals surface area (Å²) in [5.74, 6) is -0.614. The number of benzene rings is 3. The highest BCUT2D eigenvalue weighted by Gasteiger charge is 2.41. The maximum Gasteiger partial charge on any atom is 0.416 e. The van der Waals surface area contributed by atoms with Gasteiger partial charge in [-0.1, -0.05) is 54.6 Å². The molecule has 1 amide bonds. The topological polar surface area (TPSA) is 76.0 Å². The summed E-state index contributed by atoms with van der Waals surface area (Å²) < 4.78 is 44.3. The van der Waals surface area contributed by atoms with Crippen molar-refractivity contribution in [1.82, 2.24) is 4.90 Å². The monoisotopic (exact) mass is 588 g/mol. The van der Waals surface area contributed by atoms with E-state index in [-0.39, 0.29) is 30.5 Å². The van der Waals surface area contributed by atoms with E-state index < -0.39 is 17.3 Å². The van der Waals surface area contributed by atoms with Crippen LogP contribution in [0.1, 0.15) is 58.8 Å². The Hall–Kier alpha value is -4.53. The van der Waals surface area contributed by atoms with Crippen molar-refractivity contribution < 1.29 is 32.3 Å². The van der Waals surface area contributed by atoms with Gasteiger partial charge < -0.3 is 9.64 Å². The molecule has 2 aliphatic heterocycles. The summed E-state index contributed by atoms with van der Waals surface area (Å²) in [7, 11) is 0. The van der Waals surface area contributed by atoms with Crippen molar-refractivity contribution in [2.75, 3.05) is 13.2 Å². The Bertz CT molecular complexity index is 1580. The van der Waals surface area contributed by atoms with Crippen LogP contribution in [0.3, 0.4) is 0 Å². The van der Waals surface area contributed by atoms with Gasteiger partial charge in [-0.15, -0.1) is 0 Å². The van der Waals surface area contributed by atoms with Crippen LogP contribution in [0, 0.1) is 0 Å². The third-order valence-electron chi connectivity index (χ3n) is 7.83. The van der Waals surface area contributed by atoms with E-state index in [0.29, 0.717) is 54.8 Å². The average Bonchev–Trinajstić information content (AvgIpc) is 3.51. The maximum atomic E-state index is 14.3. The number of halogens is 3. The second-order valence-electron chi connectivity index (χ2n) is 10.6. The smallest absolute Gasteiger partial charge is 0.416 e. The number of alkyl halides is 3. The molecule has 2 aliphatic rings. The molecule has 0 spiro atoms. The highest BCUT2D eigenvalue weighted by Crippen LogP contribution is 2.39. The third kappa shape index (κ3) is 6.30. The van der Waals surface area contributed by atoms with Crippen LogP contribution >= 0.6 is 0 Å². The normalized spacial score (nSPS) is 17.5. The highest BCUT2D eigenvalue weighted by molar-refractivity contribution is 6.11.